The quantitative estimate of drug-likeness (QED) is 0.748. The lowest BCUT2D eigenvalue weighted by atomic mass is 9.94. The van der Waals surface area contributed by atoms with Crippen LogP contribution in [0, 0.1) is 5.92 Å². The largest absolute Gasteiger partial charge is 0.497 e. The molecule has 2 fully saturated rings. The molecule has 3 atom stereocenters. The number of hydrogen-bond acceptors (Lipinski definition) is 6. The molecule has 7 heteroatoms. The number of amides is 1. The summed E-state index contributed by atoms with van der Waals surface area (Å²) < 4.78 is 11.0. The summed E-state index contributed by atoms with van der Waals surface area (Å²) in [6.45, 7) is 2.26. The molecule has 2 aliphatic rings. The molecule has 29 heavy (non-hydrogen) atoms. The highest BCUT2D eigenvalue weighted by Gasteiger charge is 2.36. The SMILES string of the molecule is COc1ccc(OCCC2CC(C3CCN(C(=O)c4cccnc4)C3)NN2)cc1. The number of benzene rings is 1. The van der Waals surface area contributed by atoms with Crippen molar-refractivity contribution in [3.63, 3.8) is 0 Å². The van der Waals surface area contributed by atoms with E-state index in [0.717, 1.165) is 43.9 Å². The number of likely N-dealkylation sites (tertiary alicyclic amines) is 1. The molecule has 0 radical (unpaired) electrons. The van der Waals surface area contributed by atoms with Gasteiger partial charge in [0.05, 0.1) is 19.3 Å². The summed E-state index contributed by atoms with van der Waals surface area (Å²) >= 11 is 0. The standard InChI is InChI=1S/C22H28N4O3/c1-28-19-4-6-20(7-5-19)29-12-9-18-13-21(25-24-18)17-8-11-26(15-17)22(27)16-3-2-10-23-14-16/h2-7,10,14,17-18,21,24-25H,8-9,11-13,15H2,1H3. The van der Waals surface area contributed by atoms with E-state index in [2.05, 4.69) is 15.8 Å². The molecular formula is C22H28N4O3. The van der Waals surface area contributed by atoms with Crippen LogP contribution in [-0.2, 0) is 0 Å². The van der Waals surface area contributed by atoms with Gasteiger partial charge in [-0.25, -0.2) is 0 Å². The number of carbonyl (C=O) groups is 1. The minimum atomic E-state index is 0.0796. The third kappa shape index (κ3) is 4.86. The number of hydrogen-bond donors (Lipinski definition) is 2. The predicted molar refractivity (Wildman–Crippen MR) is 110 cm³/mol. The van der Waals surface area contributed by atoms with Crippen molar-refractivity contribution >= 4 is 5.91 Å². The maximum atomic E-state index is 12.6. The second-order valence-corrected chi connectivity index (χ2v) is 7.68. The third-order valence-corrected chi connectivity index (χ3v) is 5.80. The molecule has 2 saturated heterocycles. The van der Waals surface area contributed by atoms with E-state index in [4.69, 9.17) is 9.47 Å². The summed E-state index contributed by atoms with van der Waals surface area (Å²) in [5.41, 5.74) is 7.51. The van der Waals surface area contributed by atoms with Crippen molar-refractivity contribution in [2.45, 2.75) is 31.3 Å². The number of nitrogens with one attached hydrogen (secondary N) is 2. The average molecular weight is 396 g/mol. The number of hydrazine groups is 1. The Balaban J connectivity index is 1.20. The molecular weight excluding hydrogens is 368 g/mol. The fraction of sp³-hybridized carbons (Fsp3) is 0.455. The van der Waals surface area contributed by atoms with E-state index in [1.165, 1.54) is 0 Å². The van der Waals surface area contributed by atoms with E-state index in [1.54, 1.807) is 19.5 Å². The molecule has 0 bridgehead atoms. The maximum Gasteiger partial charge on any atom is 0.255 e. The second kappa shape index (κ2) is 9.24. The Labute approximate surface area is 171 Å². The van der Waals surface area contributed by atoms with E-state index in [9.17, 15) is 4.79 Å². The molecule has 0 saturated carbocycles. The highest BCUT2D eigenvalue weighted by Crippen LogP contribution is 2.26. The zero-order chi connectivity index (χ0) is 20.1. The van der Waals surface area contributed by atoms with Crippen molar-refractivity contribution in [2.24, 2.45) is 5.92 Å². The maximum absolute atomic E-state index is 12.6. The Bertz CT molecular complexity index is 799. The van der Waals surface area contributed by atoms with Crippen LogP contribution in [0.5, 0.6) is 11.5 Å². The molecule has 0 aliphatic carbocycles. The summed E-state index contributed by atoms with van der Waals surface area (Å²) in [6.07, 6.45) is 6.34. The van der Waals surface area contributed by atoms with E-state index in [0.29, 0.717) is 30.2 Å². The van der Waals surface area contributed by atoms with Crippen LogP contribution in [0.15, 0.2) is 48.8 Å². The van der Waals surface area contributed by atoms with Crippen molar-refractivity contribution in [1.29, 1.82) is 0 Å². The highest BCUT2D eigenvalue weighted by atomic mass is 16.5. The van der Waals surface area contributed by atoms with Crippen LogP contribution in [0.25, 0.3) is 0 Å². The van der Waals surface area contributed by atoms with Gasteiger partial charge in [-0.2, -0.15) is 0 Å². The number of rotatable bonds is 7. The van der Waals surface area contributed by atoms with Crippen molar-refractivity contribution < 1.29 is 14.3 Å². The highest BCUT2D eigenvalue weighted by molar-refractivity contribution is 5.94. The van der Waals surface area contributed by atoms with Crippen molar-refractivity contribution in [3.05, 3.63) is 54.4 Å². The molecule has 3 heterocycles. The van der Waals surface area contributed by atoms with Crippen LogP contribution in [0.2, 0.25) is 0 Å². The lowest BCUT2D eigenvalue weighted by molar-refractivity contribution is 0.0784. The summed E-state index contributed by atoms with van der Waals surface area (Å²) in [5, 5.41) is 0. The van der Waals surface area contributed by atoms with Gasteiger partial charge in [0.25, 0.3) is 5.91 Å². The lowest BCUT2D eigenvalue weighted by Gasteiger charge is -2.20. The molecule has 1 aromatic heterocycles. The molecule has 2 aliphatic heterocycles. The van der Waals surface area contributed by atoms with Gasteiger partial charge >= 0.3 is 0 Å². The number of aromatic nitrogens is 1. The van der Waals surface area contributed by atoms with Crippen LogP contribution in [0.3, 0.4) is 0 Å². The van der Waals surface area contributed by atoms with Gasteiger partial charge in [-0.15, -0.1) is 0 Å². The van der Waals surface area contributed by atoms with Crippen LogP contribution >= 0.6 is 0 Å². The van der Waals surface area contributed by atoms with Gasteiger partial charge in [0.1, 0.15) is 11.5 Å². The number of methoxy groups -OCH3 is 1. The number of ether oxygens (including phenoxy) is 2. The smallest absolute Gasteiger partial charge is 0.255 e. The zero-order valence-corrected chi connectivity index (χ0v) is 16.7. The molecule has 154 valence electrons. The van der Waals surface area contributed by atoms with E-state index in [-0.39, 0.29) is 5.91 Å². The lowest BCUT2D eigenvalue weighted by Crippen LogP contribution is -2.39. The fourth-order valence-corrected chi connectivity index (χ4v) is 4.11. The van der Waals surface area contributed by atoms with Crippen LogP contribution in [0.4, 0.5) is 0 Å². The predicted octanol–water partition coefficient (Wildman–Crippen LogP) is 2.26. The van der Waals surface area contributed by atoms with Gasteiger partial charge in [-0.3, -0.25) is 20.6 Å². The van der Waals surface area contributed by atoms with Gasteiger partial charge in [-0.05, 0) is 61.6 Å². The van der Waals surface area contributed by atoms with Gasteiger partial charge in [0.15, 0.2) is 0 Å². The molecule has 1 aromatic carbocycles. The third-order valence-electron chi connectivity index (χ3n) is 5.80. The first-order valence-electron chi connectivity index (χ1n) is 10.2. The molecule has 4 rings (SSSR count). The molecule has 3 unspecified atom stereocenters. The summed E-state index contributed by atoms with van der Waals surface area (Å²) in [7, 11) is 1.66. The summed E-state index contributed by atoms with van der Waals surface area (Å²) in [6, 6.07) is 12.1. The van der Waals surface area contributed by atoms with Gasteiger partial charge in [-0.1, -0.05) is 0 Å². The molecule has 0 spiro atoms. The average Bonchev–Trinajstić information content (AvgIpc) is 3.44. The minimum Gasteiger partial charge on any atom is -0.497 e. The number of pyridine rings is 1. The number of nitrogens with zero attached hydrogens (tertiary/aromatic N) is 2. The van der Waals surface area contributed by atoms with Gasteiger partial charge in [0, 0.05) is 37.6 Å². The molecule has 2 N–H and O–H groups in total. The Morgan fingerprint density at radius 3 is 2.79 bits per heavy atom. The second-order valence-electron chi connectivity index (χ2n) is 7.68. The van der Waals surface area contributed by atoms with E-state index < -0.39 is 0 Å². The first-order chi connectivity index (χ1) is 14.2. The monoisotopic (exact) mass is 396 g/mol. The molecule has 7 nitrogen and oxygen atoms in total. The zero-order valence-electron chi connectivity index (χ0n) is 16.7. The van der Waals surface area contributed by atoms with Crippen LogP contribution in [-0.4, -0.2) is 54.7 Å². The first-order valence-corrected chi connectivity index (χ1v) is 10.2. The Hall–Kier alpha value is -2.64. The minimum absolute atomic E-state index is 0.0796. The Kier molecular flexibility index (Phi) is 6.27. The van der Waals surface area contributed by atoms with E-state index in [1.807, 2.05) is 41.3 Å². The summed E-state index contributed by atoms with van der Waals surface area (Å²) in [5.74, 6) is 2.23. The summed E-state index contributed by atoms with van der Waals surface area (Å²) in [4.78, 5) is 18.6. The van der Waals surface area contributed by atoms with Crippen molar-refractivity contribution in [2.75, 3.05) is 26.8 Å². The van der Waals surface area contributed by atoms with Gasteiger partial charge in [0.2, 0.25) is 0 Å². The molecule has 1 amide bonds. The fourth-order valence-electron chi connectivity index (χ4n) is 4.11. The van der Waals surface area contributed by atoms with Crippen molar-refractivity contribution in [1.82, 2.24) is 20.7 Å². The van der Waals surface area contributed by atoms with E-state index >= 15 is 0 Å². The van der Waals surface area contributed by atoms with Crippen LogP contribution < -0.4 is 20.3 Å². The molecule has 2 aromatic rings. The van der Waals surface area contributed by atoms with Gasteiger partial charge < -0.3 is 14.4 Å². The van der Waals surface area contributed by atoms with Crippen molar-refractivity contribution in [3.8, 4) is 11.5 Å². The number of carbonyl (C=O) groups excluding carboxylic acids is 1. The Morgan fingerprint density at radius 1 is 1.21 bits per heavy atom. The Morgan fingerprint density at radius 2 is 2.03 bits per heavy atom. The van der Waals surface area contributed by atoms with Crippen LogP contribution in [0.1, 0.15) is 29.6 Å². The normalized spacial score (nSPS) is 23.9. The topological polar surface area (TPSA) is 75.7 Å². The first kappa shape index (κ1) is 19.7.